The minimum absolute atomic E-state index is 0.753. The van der Waals surface area contributed by atoms with E-state index in [9.17, 15) is 0 Å². The van der Waals surface area contributed by atoms with Gasteiger partial charge in [0.25, 0.3) is 5.22 Å². The van der Waals surface area contributed by atoms with Crippen molar-refractivity contribution in [3.05, 3.63) is 12.5 Å². The van der Waals surface area contributed by atoms with E-state index in [2.05, 4.69) is 17.2 Å². The molecular formula is C7H12N2OS. The SMILES string of the molecule is CCNCCSc1ncco1. The van der Waals surface area contributed by atoms with Crippen LogP contribution in [-0.4, -0.2) is 23.8 Å². The lowest BCUT2D eigenvalue weighted by atomic mass is 10.7. The lowest BCUT2D eigenvalue weighted by molar-refractivity contribution is 0.454. The van der Waals surface area contributed by atoms with E-state index in [4.69, 9.17) is 4.42 Å². The van der Waals surface area contributed by atoms with E-state index in [-0.39, 0.29) is 0 Å². The van der Waals surface area contributed by atoms with E-state index < -0.39 is 0 Å². The number of aromatic nitrogens is 1. The number of hydrogen-bond donors (Lipinski definition) is 1. The first-order chi connectivity index (χ1) is 5.43. The molecule has 1 heterocycles. The van der Waals surface area contributed by atoms with Gasteiger partial charge in [0.05, 0.1) is 6.20 Å². The molecule has 1 N–H and O–H groups in total. The lowest BCUT2D eigenvalue weighted by Crippen LogP contribution is -2.15. The van der Waals surface area contributed by atoms with Crippen LogP contribution in [0.1, 0.15) is 6.92 Å². The molecule has 1 rings (SSSR count). The Balaban J connectivity index is 2.04. The van der Waals surface area contributed by atoms with Gasteiger partial charge in [-0.3, -0.25) is 0 Å². The van der Waals surface area contributed by atoms with Crippen molar-refractivity contribution in [2.75, 3.05) is 18.8 Å². The fourth-order valence-corrected chi connectivity index (χ4v) is 1.35. The van der Waals surface area contributed by atoms with Crippen LogP contribution in [0, 0.1) is 0 Å². The topological polar surface area (TPSA) is 38.1 Å². The molecule has 0 aliphatic carbocycles. The van der Waals surface area contributed by atoms with Gasteiger partial charge in [-0.25, -0.2) is 4.98 Å². The van der Waals surface area contributed by atoms with Gasteiger partial charge in [0.15, 0.2) is 0 Å². The van der Waals surface area contributed by atoms with Gasteiger partial charge in [-0.15, -0.1) is 0 Å². The Kier molecular flexibility index (Phi) is 4.08. The van der Waals surface area contributed by atoms with Crippen LogP contribution in [0.2, 0.25) is 0 Å². The summed E-state index contributed by atoms with van der Waals surface area (Å²) >= 11 is 1.63. The van der Waals surface area contributed by atoms with E-state index >= 15 is 0 Å². The summed E-state index contributed by atoms with van der Waals surface area (Å²) in [5, 5.41) is 3.97. The van der Waals surface area contributed by atoms with Crippen LogP contribution in [0.25, 0.3) is 0 Å². The second kappa shape index (κ2) is 5.21. The van der Waals surface area contributed by atoms with Crippen molar-refractivity contribution < 1.29 is 4.42 Å². The third-order valence-corrected chi connectivity index (χ3v) is 2.02. The second-order valence-corrected chi connectivity index (χ2v) is 3.05. The highest BCUT2D eigenvalue weighted by Crippen LogP contribution is 2.12. The van der Waals surface area contributed by atoms with E-state index in [0.29, 0.717) is 0 Å². The number of thioether (sulfide) groups is 1. The molecule has 0 saturated carbocycles. The van der Waals surface area contributed by atoms with Crippen LogP contribution in [0.3, 0.4) is 0 Å². The normalized spacial score (nSPS) is 10.3. The molecule has 1 aromatic heterocycles. The summed E-state index contributed by atoms with van der Waals surface area (Å²) in [5.74, 6) is 1.01. The summed E-state index contributed by atoms with van der Waals surface area (Å²) in [6.07, 6.45) is 3.26. The van der Waals surface area contributed by atoms with Crippen LogP contribution in [0.5, 0.6) is 0 Å². The zero-order valence-corrected chi connectivity index (χ0v) is 7.36. The molecule has 0 bridgehead atoms. The summed E-state index contributed by atoms with van der Waals surface area (Å²) in [7, 11) is 0. The van der Waals surface area contributed by atoms with Gasteiger partial charge in [-0.1, -0.05) is 18.7 Å². The van der Waals surface area contributed by atoms with Crippen molar-refractivity contribution >= 4 is 11.8 Å². The minimum atomic E-state index is 0.753. The zero-order chi connectivity index (χ0) is 7.94. The second-order valence-electron chi connectivity index (χ2n) is 2.00. The first-order valence-corrected chi connectivity index (χ1v) is 4.65. The Hall–Kier alpha value is -0.480. The van der Waals surface area contributed by atoms with Crippen LogP contribution < -0.4 is 5.32 Å². The Morgan fingerprint density at radius 2 is 2.64 bits per heavy atom. The third kappa shape index (κ3) is 3.43. The van der Waals surface area contributed by atoms with Gasteiger partial charge in [-0.2, -0.15) is 0 Å². The highest BCUT2D eigenvalue weighted by molar-refractivity contribution is 7.99. The van der Waals surface area contributed by atoms with Crippen molar-refractivity contribution in [2.45, 2.75) is 12.1 Å². The molecular weight excluding hydrogens is 160 g/mol. The maximum atomic E-state index is 5.04. The zero-order valence-electron chi connectivity index (χ0n) is 6.54. The maximum absolute atomic E-state index is 5.04. The molecule has 0 aliphatic rings. The van der Waals surface area contributed by atoms with Gasteiger partial charge in [0, 0.05) is 12.3 Å². The molecule has 1 aromatic rings. The number of rotatable bonds is 5. The molecule has 0 unspecified atom stereocenters. The fourth-order valence-electron chi connectivity index (χ4n) is 0.669. The quantitative estimate of drug-likeness (QED) is 0.538. The maximum Gasteiger partial charge on any atom is 0.255 e. The summed E-state index contributed by atoms with van der Waals surface area (Å²) < 4.78 is 5.04. The number of nitrogens with zero attached hydrogens (tertiary/aromatic N) is 1. The van der Waals surface area contributed by atoms with Gasteiger partial charge < -0.3 is 9.73 Å². The van der Waals surface area contributed by atoms with Crippen molar-refractivity contribution in [1.82, 2.24) is 10.3 Å². The van der Waals surface area contributed by atoms with Crippen LogP contribution >= 0.6 is 11.8 Å². The Morgan fingerprint density at radius 3 is 3.27 bits per heavy atom. The lowest BCUT2D eigenvalue weighted by Gasteiger charge is -1.97. The highest BCUT2D eigenvalue weighted by Gasteiger charge is 1.95. The van der Waals surface area contributed by atoms with E-state index in [1.807, 2.05) is 0 Å². The summed E-state index contributed by atoms with van der Waals surface area (Å²) in [6.45, 7) is 4.12. The summed E-state index contributed by atoms with van der Waals surface area (Å²) in [6, 6.07) is 0. The number of hydrogen-bond acceptors (Lipinski definition) is 4. The molecule has 0 radical (unpaired) electrons. The van der Waals surface area contributed by atoms with Crippen molar-refractivity contribution in [1.29, 1.82) is 0 Å². The van der Waals surface area contributed by atoms with Gasteiger partial charge in [0.1, 0.15) is 6.26 Å². The smallest absolute Gasteiger partial charge is 0.255 e. The average molecular weight is 172 g/mol. The standard InChI is InChI=1S/C7H12N2OS/c1-2-8-4-6-11-7-9-3-5-10-7/h3,5,8H,2,4,6H2,1H3. The molecule has 11 heavy (non-hydrogen) atoms. The fraction of sp³-hybridized carbons (Fsp3) is 0.571. The summed E-state index contributed by atoms with van der Waals surface area (Å²) in [4.78, 5) is 3.98. The minimum Gasteiger partial charge on any atom is -0.440 e. The van der Waals surface area contributed by atoms with Crippen molar-refractivity contribution in [3.63, 3.8) is 0 Å². The monoisotopic (exact) mass is 172 g/mol. The van der Waals surface area contributed by atoms with Gasteiger partial charge in [0.2, 0.25) is 0 Å². The van der Waals surface area contributed by atoms with Crippen LogP contribution in [-0.2, 0) is 0 Å². The molecule has 3 nitrogen and oxygen atoms in total. The van der Waals surface area contributed by atoms with Gasteiger partial charge in [-0.05, 0) is 6.54 Å². The predicted octanol–water partition coefficient (Wildman–Crippen LogP) is 1.38. The Morgan fingerprint density at radius 1 is 1.73 bits per heavy atom. The number of nitrogens with one attached hydrogen (secondary N) is 1. The molecule has 4 heteroatoms. The molecule has 0 spiro atoms. The van der Waals surface area contributed by atoms with Crippen LogP contribution in [0.15, 0.2) is 22.1 Å². The van der Waals surface area contributed by atoms with Crippen LogP contribution in [0.4, 0.5) is 0 Å². The van der Waals surface area contributed by atoms with E-state index in [1.54, 1.807) is 24.2 Å². The Labute approximate surface area is 70.6 Å². The highest BCUT2D eigenvalue weighted by atomic mass is 32.2. The Bertz CT molecular complexity index is 177. The first kappa shape index (κ1) is 8.62. The first-order valence-electron chi connectivity index (χ1n) is 3.66. The molecule has 0 saturated heterocycles. The largest absolute Gasteiger partial charge is 0.440 e. The average Bonchev–Trinajstić information content (AvgIpc) is 2.50. The molecule has 0 amide bonds. The molecule has 62 valence electrons. The molecule has 0 aliphatic heterocycles. The molecule has 0 fully saturated rings. The van der Waals surface area contributed by atoms with Crippen molar-refractivity contribution in [3.8, 4) is 0 Å². The molecule has 0 aromatic carbocycles. The summed E-state index contributed by atoms with van der Waals surface area (Å²) in [5.41, 5.74) is 0. The number of oxazole rings is 1. The predicted molar refractivity (Wildman–Crippen MR) is 45.8 cm³/mol. The van der Waals surface area contributed by atoms with E-state index in [1.165, 1.54) is 0 Å². The molecule has 0 atom stereocenters. The van der Waals surface area contributed by atoms with E-state index in [0.717, 1.165) is 24.1 Å². The van der Waals surface area contributed by atoms with Gasteiger partial charge >= 0.3 is 0 Å². The third-order valence-electron chi connectivity index (χ3n) is 1.16. The van der Waals surface area contributed by atoms with Crippen molar-refractivity contribution in [2.24, 2.45) is 0 Å².